The highest BCUT2D eigenvalue weighted by atomic mass is 35.5. The first-order valence-corrected chi connectivity index (χ1v) is 7.82. The molecule has 0 saturated carbocycles. The molecule has 9 heteroatoms. The van der Waals surface area contributed by atoms with E-state index >= 15 is 0 Å². The van der Waals surface area contributed by atoms with E-state index in [0.29, 0.717) is 21.5 Å². The van der Waals surface area contributed by atoms with Gasteiger partial charge < -0.3 is 14.8 Å². The van der Waals surface area contributed by atoms with Crippen LogP contribution in [0.1, 0.15) is 6.92 Å². The molecule has 0 radical (unpaired) electrons. The minimum Gasteiger partial charge on any atom is -0.496 e. The fourth-order valence-corrected chi connectivity index (χ4v) is 2.49. The van der Waals surface area contributed by atoms with Crippen LogP contribution in [0.4, 0.5) is 11.4 Å². The number of hydrogen-bond acceptors (Lipinski definition) is 5. The van der Waals surface area contributed by atoms with Crippen molar-refractivity contribution < 1.29 is 19.2 Å². The van der Waals surface area contributed by atoms with E-state index in [2.05, 4.69) is 5.32 Å². The second-order valence-electron chi connectivity index (χ2n) is 4.99. The number of ether oxygens (including phenoxy) is 2. The molecule has 0 unspecified atom stereocenters. The Morgan fingerprint density at radius 2 is 1.80 bits per heavy atom. The van der Waals surface area contributed by atoms with Crippen molar-refractivity contribution in [2.45, 2.75) is 13.0 Å². The van der Waals surface area contributed by atoms with Crippen LogP contribution in [0.2, 0.25) is 10.0 Å². The van der Waals surface area contributed by atoms with Crippen molar-refractivity contribution in [2.24, 2.45) is 0 Å². The molecule has 0 heterocycles. The quantitative estimate of drug-likeness (QED) is 0.591. The first kappa shape index (κ1) is 18.8. The van der Waals surface area contributed by atoms with E-state index < -0.39 is 16.9 Å². The van der Waals surface area contributed by atoms with Crippen molar-refractivity contribution in [3.05, 3.63) is 56.6 Å². The van der Waals surface area contributed by atoms with E-state index in [-0.39, 0.29) is 11.4 Å². The third kappa shape index (κ3) is 4.98. The molecular weight excluding hydrogens is 371 g/mol. The Morgan fingerprint density at radius 1 is 1.16 bits per heavy atom. The highest BCUT2D eigenvalue weighted by molar-refractivity contribution is 6.34. The van der Waals surface area contributed by atoms with Crippen LogP contribution in [0.15, 0.2) is 36.4 Å². The van der Waals surface area contributed by atoms with Crippen LogP contribution in [0.25, 0.3) is 0 Å². The van der Waals surface area contributed by atoms with Crippen molar-refractivity contribution in [3.8, 4) is 11.5 Å². The van der Waals surface area contributed by atoms with Gasteiger partial charge in [0.2, 0.25) is 0 Å². The number of anilines is 1. The number of nitro benzene ring substituents is 1. The van der Waals surface area contributed by atoms with Crippen LogP contribution in [0.5, 0.6) is 11.5 Å². The highest BCUT2D eigenvalue weighted by Crippen LogP contribution is 2.29. The number of benzene rings is 2. The van der Waals surface area contributed by atoms with E-state index in [0.717, 1.165) is 0 Å². The van der Waals surface area contributed by atoms with Crippen LogP contribution in [0, 0.1) is 10.1 Å². The Morgan fingerprint density at radius 3 is 2.36 bits per heavy atom. The Kier molecular flexibility index (Phi) is 6.06. The zero-order valence-electron chi connectivity index (χ0n) is 13.3. The first-order valence-electron chi connectivity index (χ1n) is 7.06. The van der Waals surface area contributed by atoms with E-state index in [1.54, 1.807) is 0 Å². The summed E-state index contributed by atoms with van der Waals surface area (Å²) in [5.74, 6) is 0.0521. The van der Waals surface area contributed by atoms with Crippen molar-refractivity contribution in [1.29, 1.82) is 0 Å². The molecule has 0 spiro atoms. The maximum Gasteiger partial charge on any atom is 0.296 e. The summed E-state index contributed by atoms with van der Waals surface area (Å²) in [5, 5.41) is 14.3. The molecule has 0 aliphatic rings. The zero-order chi connectivity index (χ0) is 18.6. The molecule has 1 amide bonds. The fraction of sp³-hybridized carbons (Fsp3) is 0.188. The smallest absolute Gasteiger partial charge is 0.296 e. The predicted octanol–water partition coefficient (Wildman–Crippen LogP) is 4.32. The maximum absolute atomic E-state index is 12.3. The second kappa shape index (κ2) is 8.04. The molecule has 0 aliphatic carbocycles. The van der Waals surface area contributed by atoms with Crippen LogP contribution in [-0.2, 0) is 4.79 Å². The van der Waals surface area contributed by atoms with Gasteiger partial charge in [0.1, 0.15) is 17.2 Å². The number of methoxy groups -OCH3 is 1. The van der Waals surface area contributed by atoms with Gasteiger partial charge >= 0.3 is 0 Å². The molecule has 2 aromatic rings. The van der Waals surface area contributed by atoms with Crippen molar-refractivity contribution in [2.75, 3.05) is 12.4 Å². The molecule has 0 bridgehead atoms. The number of nitrogens with one attached hydrogen (secondary N) is 1. The molecule has 25 heavy (non-hydrogen) atoms. The average Bonchev–Trinajstić information content (AvgIpc) is 2.53. The third-order valence-corrected chi connectivity index (χ3v) is 3.61. The van der Waals surface area contributed by atoms with Gasteiger partial charge in [0.15, 0.2) is 6.10 Å². The molecule has 1 N–H and O–H groups in total. The number of nitro groups is 1. The summed E-state index contributed by atoms with van der Waals surface area (Å²) in [6.45, 7) is 1.50. The van der Waals surface area contributed by atoms with Gasteiger partial charge in [0, 0.05) is 10.0 Å². The average molecular weight is 385 g/mol. The molecule has 7 nitrogen and oxygen atoms in total. The highest BCUT2D eigenvalue weighted by Gasteiger charge is 2.21. The topological polar surface area (TPSA) is 90.7 Å². The summed E-state index contributed by atoms with van der Waals surface area (Å²) in [6, 6.07) is 8.65. The molecule has 2 aromatic carbocycles. The van der Waals surface area contributed by atoms with Gasteiger partial charge in [-0.2, -0.15) is 0 Å². The first-order chi connectivity index (χ1) is 11.8. The van der Waals surface area contributed by atoms with Gasteiger partial charge in [-0.25, -0.2) is 0 Å². The molecule has 0 fully saturated rings. The van der Waals surface area contributed by atoms with Crippen LogP contribution in [0.3, 0.4) is 0 Å². The van der Waals surface area contributed by atoms with E-state index in [1.807, 2.05) is 0 Å². The van der Waals surface area contributed by atoms with Crippen LogP contribution >= 0.6 is 23.2 Å². The van der Waals surface area contributed by atoms with Gasteiger partial charge in [-0.15, -0.1) is 0 Å². The molecule has 0 aliphatic heterocycles. The van der Waals surface area contributed by atoms with Crippen molar-refractivity contribution >= 4 is 40.5 Å². The molecule has 1 atom stereocenters. The summed E-state index contributed by atoms with van der Waals surface area (Å²) in [7, 11) is 1.39. The lowest BCUT2D eigenvalue weighted by atomic mass is 10.2. The monoisotopic (exact) mass is 384 g/mol. The standard InChI is InChI=1S/C16H14Cl2N2O5/c1-9(25-13-6-10(17)5-11(18)7-13)16(21)19-14-4-3-12(24-2)8-15(14)20(22)23/h3-9H,1-2H3,(H,19,21)/t9-/m1/s1. The van der Waals surface area contributed by atoms with Crippen LogP contribution in [-0.4, -0.2) is 24.0 Å². The zero-order valence-corrected chi connectivity index (χ0v) is 14.8. The van der Waals surface area contributed by atoms with Gasteiger partial charge in [0.25, 0.3) is 11.6 Å². The number of carbonyl (C=O) groups excluding carboxylic acids is 1. The Bertz CT molecular complexity index is 793. The Hall–Kier alpha value is -2.51. The van der Waals surface area contributed by atoms with E-state index in [4.69, 9.17) is 32.7 Å². The van der Waals surface area contributed by atoms with E-state index in [1.165, 1.54) is 50.4 Å². The molecule has 0 aromatic heterocycles. The number of hydrogen-bond donors (Lipinski definition) is 1. The molecule has 2 rings (SSSR count). The lowest BCUT2D eigenvalue weighted by molar-refractivity contribution is -0.384. The number of rotatable bonds is 6. The number of halogens is 2. The largest absolute Gasteiger partial charge is 0.496 e. The summed E-state index contributed by atoms with van der Waals surface area (Å²) < 4.78 is 10.4. The third-order valence-electron chi connectivity index (χ3n) is 3.18. The lowest BCUT2D eigenvalue weighted by Gasteiger charge is -2.15. The van der Waals surface area contributed by atoms with E-state index in [9.17, 15) is 14.9 Å². The second-order valence-corrected chi connectivity index (χ2v) is 5.87. The van der Waals surface area contributed by atoms with Gasteiger partial charge in [-0.05, 0) is 37.3 Å². The normalized spacial score (nSPS) is 11.5. The summed E-state index contributed by atoms with van der Waals surface area (Å²) >= 11 is 11.8. The SMILES string of the molecule is COc1ccc(NC(=O)[C@@H](C)Oc2cc(Cl)cc(Cl)c2)c([N+](=O)[O-])c1. The predicted molar refractivity (Wildman–Crippen MR) is 94.8 cm³/mol. The Labute approximate surface area is 153 Å². The van der Waals surface area contributed by atoms with Gasteiger partial charge in [-0.1, -0.05) is 23.2 Å². The summed E-state index contributed by atoms with van der Waals surface area (Å²) in [5.41, 5.74) is -0.249. The van der Waals surface area contributed by atoms with Crippen molar-refractivity contribution in [1.82, 2.24) is 0 Å². The Balaban J connectivity index is 2.14. The maximum atomic E-state index is 12.3. The number of amides is 1. The summed E-state index contributed by atoms with van der Waals surface area (Å²) in [4.78, 5) is 22.8. The fourth-order valence-electron chi connectivity index (χ4n) is 1.98. The minimum absolute atomic E-state index is 0.0374. The molecule has 0 saturated heterocycles. The van der Waals surface area contributed by atoms with Gasteiger partial charge in [-0.3, -0.25) is 14.9 Å². The molecule has 132 valence electrons. The van der Waals surface area contributed by atoms with Crippen molar-refractivity contribution in [3.63, 3.8) is 0 Å². The minimum atomic E-state index is -0.934. The summed E-state index contributed by atoms with van der Waals surface area (Å²) in [6.07, 6.45) is -0.934. The van der Waals surface area contributed by atoms with Crippen LogP contribution < -0.4 is 14.8 Å². The number of nitrogens with zero attached hydrogens (tertiary/aromatic N) is 1. The van der Waals surface area contributed by atoms with Gasteiger partial charge in [0.05, 0.1) is 18.1 Å². The lowest BCUT2D eigenvalue weighted by Crippen LogP contribution is -2.30. The molecular formula is C16H14Cl2N2O5. The number of carbonyl (C=O) groups is 1.